The van der Waals surface area contributed by atoms with Crippen molar-refractivity contribution in [2.75, 3.05) is 5.32 Å². The van der Waals surface area contributed by atoms with E-state index >= 15 is 0 Å². The van der Waals surface area contributed by atoms with Crippen LogP contribution >= 0.6 is 15.9 Å². The Morgan fingerprint density at radius 2 is 1.74 bits per heavy atom. The first kappa shape index (κ1) is 17.1. The lowest BCUT2D eigenvalue weighted by Gasteiger charge is -2.13. The second-order valence-electron chi connectivity index (χ2n) is 4.93. The zero-order valence-corrected chi connectivity index (χ0v) is 14.0. The molecule has 0 saturated carbocycles. The fraction of sp³-hybridized carbons (Fsp3) is 0.176. The Hall–Kier alpha value is -2.21. The van der Waals surface area contributed by atoms with Gasteiger partial charge in [0.2, 0.25) is 0 Å². The number of halogens is 2. The van der Waals surface area contributed by atoms with Crippen molar-refractivity contribution in [3.8, 4) is 0 Å². The van der Waals surface area contributed by atoms with Gasteiger partial charge in [0.15, 0.2) is 6.10 Å². The Morgan fingerprint density at radius 3 is 2.35 bits per heavy atom. The van der Waals surface area contributed by atoms with Gasteiger partial charge in [-0.1, -0.05) is 28.1 Å². The third-order valence-electron chi connectivity index (χ3n) is 3.05. The van der Waals surface area contributed by atoms with Crippen molar-refractivity contribution in [1.29, 1.82) is 0 Å². The summed E-state index contributed by atoms with van der Waals surface area (Å²) in [7, 11) is 0. The van der Waals surface area contributed by atoms with E-state index in [1.807, 2.05) is 12.1 Å². The number of ether oxygens (including phenoxy) is 1. The normalized spacial score (nSPS) is 11.6. The Labute approximate surface area is 141 Å². The predicted octanol–water partition coefficient (Wildman–Crippen LogP) is 3.70. The van der Waals surface area contributed by atoms with E-state index in [1.54, 1.807) is 12.1 Å². The van der Waals surface area contributed by atoms with E-state index in [4.69, 9.17) is 4.74 Å². The molecule has 0 heterocycles. The number of esters is 1. The highest BCUT2D eigenvalue weighted by atomic mass is 79.9. The molecule has 2 aromatic carbocycles. The highest BCUT2D eigenvalue weighted by Gasteiger charge is 2.18. The summed E-state index contributed by atoms with van der Waals surface area (Å²) in [5.41, 5.74) is 1.23. The van der Waals surface area contributed by atoms with Gasteiger partial charge in [-0.2, -0.15) is 0 Å². The number of rotatable bonds is 5. The van der Waals surface area contributed by atoms with Gasteiger partial charge in [-0.25, -0.2) is 4.39 Å². The van der Waals surface area contributed by atoms with Crippen LogP contribution in [0.3, 0.4) is 0 Å². The molecule has 120 valence electrons. The average molecular weight is 380 g/mol. The Kier molecular flexibility index (Phi) is 5.87. The third-order valence-corrected chi connectivity index (χ3v) is 3.58. The minimum absolute atomic E-state index is 0.0848. The Balaban J connectivity index is 1.86. The molecule has 1 amide bonds. The summed E-state index contributed by atoms with van der Waals surface area (Å²) < 4.78 is 18.8. The molecule has 2 rings (SSSR count). The van der Waals surface area contributed by atoms with Crippen LogP contribution in [0.2, 0.25) is 0 Å². The van der Waals surface area contributed by atoms with Crippen LogP contribution < -0.4 is 5.32 Å². The van der Waals surface area contributed by atoms with E-state index in [1.165, 1.54) is 31.2 Å². The molecule has 0 fully saturated rings. The number of carbonyl (C=O) groups excluding carboxylic acids is 2. The van der Waals surface area contributed by atoms with E-state index < -0.39 is 23.8 Å². The minimum Gasteiger partial charge on any atom is -0.452 e. The topological polar surface area (TPSA) is 55.4 Å². The molecule has 0 unspecified atom stereocenters. The first-order valence-electron chi connectivity index (χ1n) is 6.94. The highest BCUT2D eigenvalue weighted by Crippen LogP contribution is 2.12. The molecule has 1 atom stereocenters. The lowest BCUT2D eigenvalue weighted by Crippen LogP contribution is -2.30. The van der Waals surface area contributed by atoms with Crippen LogP contribution in [0.1, 0.15) is 12.5 Å². The van der Waals surface area contributed by atoms with Gasteiger partial charge in [-0.3, -0.25) is 9.59 Å². The standard InChI is InChI=1S/C17H15BrFNO3/c1-11(17(22)20-15-8-6-14(19)7-9-15)23-16(21)10-12-2-4-13(18)5-3-12/h2-9,11H,10H2,1H3,(H,20,22)/t11-/m0/s1. The van der Waals surface area contributed by atoms with Gasteiger partial charge in [0.1, 0.15) is 5.82 Å². The van der Waals surface area contributed by atoms with Crippen molar-refractivity contribution in [2.24, 2.45) is 0 Å². The fourth-order valence-corrected chi connectivity index (χ4v) is 2.10. The zero-order valence-electron chi connectivity index (χ0n) is 12.4. The van der Waals surface area contributed by atoms with Gasteiger partial charge in [0, 0.05) is 10.2 Å². The molecule has 0 aliphatic rings. The van der Waals surface area contributed by atoms with Crippen LogP contribution in [0.15, 0.2) is 53.0 Å². The molecule has 2 aromatic rings. The second kappa shape index (κ2) is 7.87. The Morgan fingerprint density at radius 1 is 1.13 bits per heavy atom. The monoisotopic (exact) mass is 379 g/mol. The largest absolute Gasteiger partial charge is 0.452 e. The van der Waals surface area contributed by atoms with E-state index in [9.17, 15) is 14.0 Å². The molecule has 4 nitrogen and oxygen atoms in total. The maximum Gasteiger partial charge on any atom is 0.311 e. The lowest BCUT2D eigenvalue weighted by molar-refractivity contribution is -0.152. The van der Waals surface area contributed by atoms with Gasteiger partial charge in [0.25, 0.3) is 5.91 Å². The summed E-state index contributed by atoms with van der Waals surface area (Å²) in [6.07, 6.45) is -0.857. The second-order valence-corrected chi connectivity index (χ2v) is 5.85. The van der Waals surface area contributed by atoms with Gasteiger partial charge >= 0.3 is 5.97 Å². The maximum atomic E-state index is 12.8. The molecule has 0 aliphatic carbocycles. The van der Waals surface area contributed by atoms with E-state index in [0.717, 1.165) is 10.0 Å². The van der Waals surface area contributed by atoms with Crippen LogP contribution in [0.5, 0.6) is 0 Å². The summed E-state index contributed by atoms with van der Waals surface area (Å²) in [6, 6.07) is 12.6. The Bertz CT molecular complexity index is 686. The van der Waals surface area contributed by atoms with E-state index in [-0.39, 0.29) is 6.42 Å². The molecule has 0 spiro atoms. The van der Waals surface area contributed by atoms with Gasteiger partial charge in [-0.15, -0.1) is 0 Å². The van der Waals surface area contributed by atoms with Crippen molar-refractivity contribution in [1.82, 2.24) is 0 Å². The third kappa shape index (κ3) is 5.49. The van der Waals surface area contributed by atoms with Gasteiger partial charge < -0.3 is 10.1 Å². The van der Waals surface area contributed by atoms with Crippen molar-refractivity contribution in [2.45, 2.75) is 19.4 Å². The fourth-order valence-electron chi connectivity index (χ4n) is 1.84. The quantitative estimate of drug-likeness (QED) is 0.805. The summed E-state index contributed by atoms with van der Waals surface area (Å²) >= 11 is 3.31. The van der Waals surface area contributed by atoms with Crippen LogP contribution in [-0.4, -0.2) is 18.0 Å². The van der Waals surface area contributed by atoms with E-state index in [0.29, 0.717) is 5.69 Å². The molecule has 0 radical (unpaired) electrons. The van der Waals surface area contributed by atoms with Crippen LogP contribution in [0.4, 0.5) is 10.1 Å². The number of hydrogen-bond donors (Lipinski definition) is 1. The number of nitrogens with one attached hydrogen (secondary N) is 1. The van der Waals surface area contributed by atoms with Gasteiger partial charge in [-0.05, 0) is 48.9 Å². The van der Waals surface area contributed by atoms with Crippen molar-refractivity contribution in [3.05, 3.63) is 64.4 Å². The lowest BCUT2D eigenvalue weighted by atomic mass is 10.1. The molecular formula is C17H15BrFNO3. The molecule has 23 heavy (non-hydrogen) atoms. The molecule has 0 aromatic heterocycles. The zero-order chi connectivity index (χ0) is 16.8. The number of benzene rings is 2. The number of amides is 1. The smallest absolute Gasteiger partial charge is 0.311 e. The van der Waals surface area contributed by atoms with Crippen LogP contribution in [0.25, 0.3) is 0 Å². The maximum absolute atomic E-state index is 12.8. The summed E-state index contributed by atoms with van der Waals surface area (Å²) in [6.45, 7) is 1.48. The molecule has 0 saturated heterocycles. The molecular weight excluding hydrogens is 365 g/mol. The molecule has 1 N–H and O–H groups in total. The van der Waals surface area contributed by atoms with E-state index in [2.05, 4.69) is 21.2 Å². The molecule has 0 bridgehead atoms. The number of anilines is 1. The predicted molar refractivity (Wildman–Crippen MR) is 88.4 cm³/mol. The average Bonchev–Trinajstić information content (AvgIpc) is 2.51. The highest BCUT2D eigenvalue weighted by molar-refractivity contribution is 9.10. The molecule has 0 aliphatic heterocycles. The van der Waals surface area contributed by atoms with Crippen molar-refractivity contribution in [3.63, 3.8) is 0 Å². The summed E-state index contributed by atoms with van der Waals surface area (Å²) in [4.78, 5) is 23.8. The van der Waals surface area contributed by atoms with Crippen molar-refractivity contribution >= 4 is 33.5 Å². The van der Waals surface area contributed by atoms with Crippen LogP contribution in [0, 0.1) is 5.82 Å². The summed E-state index contributed by atoms with van der Waals surface area (Å²) in [5.74, 6) is -1.35. The first-order chi connectivity index (χ1) is 10.9. The van der Waals surface area contributed by atoms with Crippen LogP contribution in [-0.2, 0) is 20.7 Å². The minimum atomic E-state index is -0.942. The first-order valence-corrected chi connectivity index (χ1v) is 7.73. The number of hydrogen-bond acceptors (Lipinski definition) is 3. The SMILES string of the molecule is C[C@H](OC(=O)Cc1ccc(Br)cc1)C(=O)Nc1ccc(F)cc1. The van der Waals surface area contributed by atoms with Gasteiger partial charge in [0.05, 0.1) is 6.42 Å². The number of carbonyl (C=O) groups is 2. The van der Waals surface area contributed by atoms with Crippen molar-refractivity contribution < 1.29 is 18.7 Å². The summed E-state index contributed by atoms with van der Waals surface area (Å²) in [5, 5.41) is 2.56. The molecule has 6 heteroatoms.